The van der Waals surface area contributed by atoms with E-state index in [1.165, 1.54) is 12.8 Å². The van der Waals surface area contributed by atoms with Gasteiger partial charge in [0.1, 0.15) is 0 Å². The summed E-state index contributed by atoms with van der Waals surface area (Å²) < 4.78 is 0. The number of rotatable bonds is 4. The Hall–Kier alpha value is -1.84. The van der Waals surface area contributed by atoms with Gasteiger partial charge in [-0.05, 0) is 37.3 Å². The van der Waals surface area contributed by atoms with Crippen LogP contribution in [0.1, 0.15) is 49.4 Å². The van der Waals surface area contributed by atoms with Gasteiger partial charge in [0.25, 0.3) is 5.91 Å². The summed E-state index contributed by atoms with van der Waals surface area (Å²) in [5.41, 5.74) is 1.18. The molecule has 0 spiro atoms. The summed E-state index contributed by atoms with van der Waals surface area (Å²) >= 11 is 0. The second-order valence-corrected chi connectivity index (χ2v) is 6.31. The van der Waals surface area contributed by atoms with E-state index in [1.807, 2.05) is 12.1 Å². The fourth-order valence-corrected chi connectivity index (χ4v) is 3.04. The summed E-state index contributed by atoms with van der Waals surface area (Å²) in [5.74, 6) is 0.519. The number of benzene rings is 1. The van der Waals surface area contributed by atoms with Gasteiger partial charge in [-0.15, -0.1) is 0 Å². The molecule has 2 fully saturated rings. The third-order valence-corrected chi connectivity index (χ3v) is 4.57. The predicted molar refractivity (Wildman–Crippen MR) is 82.1 cm³/mol. The van der Waals surface area contributed by atoms with E-state index in [0.717, 1.165) is 19.3 Å². The molecule has 0 aliphatic heterocycles. The fourth-order valence-electron chi connectivity index (χ4n) is 3.04. The molecule has 1 aromatic rings. The zero-order valence-electron chi connectivity index (χ0n) is 12.4. The fraction of sp³-hybridized carbons (Fsp3) is 0.529. The topological polar surface area (TPSA) is 58.2 Å². The number of nitrogens with one attached hydrogen (secondary N) is 2. The molecule has 2 aliphatic carbocycles. The van der Waals surface area contributed by atoms with E-state index in [0.29, 0.717) is 17.2 Å². The van der Waals surface area contributed by atoms with Crippen molar-refractivity contribution in [3.05, 3.63) is 29.8 Å². The monoisotopic (exact) mass is 286 g/mol. The Morgan fingerprint density at radius 2 is 1.81 bits per heavy atom. The van der Waals surface area contributed by atoms with Gasteiger partial charge in [0.2, 0.25) is 5.91 Å². The Balaban J connectivity index is 1.69. The van der Waals surface area contributed by atoms with Gasteiger partial charge in [-0.2, -0.15) is 0 Å². The maximum absolute atomic E-state index is 12.4. The van der Waals surface area contributed by atoms with Gasteiger partial charge in [0.05, 0.1) is 11.3 Å². The van der Waals surface area contributed by atoms with E-state index in [1.54, 1.807) is 12.1 Å². The molecule has 0 bridgehead atoms. The van der Waals surface area contributed by atoms with Gasteiger partial charge >= 0.3 is 0 Å². The first-order chi connectivity index (χ1) is 10.1. The molecule has 0 unspecified atom stereocenters. The Bertz CT molecular complexity index is 549. The Morgan fingerprint density at radius 1 is 1.14 bits per heavy atom. The molecule has 0 heterocycles. The lowest BCUT2D eigenvalue weighted by Gasteiger charge is -2.15. The maximum atomic E-state index is 12.4. The molecule has 2 N–H and O–H groups in total. The highest BCUT2D eigenvalue weighted by atomic mass is 16.2. The summed E-state index contributed by atoms with van der Waals surface area (Å²) in [7, 11) is 0. The number of amides is 2. The van der Waals surface area contributed by atoms with Crippen molar-refractivity contribution in [2.45, 2.75) is 45.1 Å². The quantitative estimate of drug-likeness (QED) is 0.894. The van der Waals surface area contributed by atoms with Crippen LogP contribution >= 0.6 is 0 Å². The Labute approximate surface area is 125 Å². The molecule has 21 heavy (non-hydrogen) atoms. The zero-order chi connectivity index (χ0) is 14.8. The lowest BCUT2D eigenvalue weighted by atomic mass is 10.1. The Kier molecular flexibility index (Phi) is 3.95. The summed E-state index contributed by atoms with van der Waals surface area (Å²) in [6.07, 6.45) is 5.42. The van der Waals surface area contributed by atoms with E-state index in [-0.39, 0.29) is 23.8 Å². The standard InChI is InChI=1S/C17H22N2O2/c1-11-10-14(11)17(21)19-15-9-5-4-8-13(15)16(20)18-12-6-2-3-7-12/h4-5,8-9,11-12,14H,2-3,6-7,10H2,1H3,(H,18,20)(H,19,21)/t11-,14-/m1/s1. The van der Waals surface area contributed by atoms with Crippen molar-refractivity contribution in [3.63, 3.8) is 0 Å². The van der Waals surface area contributed by atoms with Crippen molar-refractivity contribution in [3.8, 4) is 0 Å². The van der Waals surface area contributed by atoms with Crippen LogP contribution < -0.4 is 10.6 Å². The van der Waals surface area contributed by atoms with Crippen LogP contribution in [0.15, 0.2) is 24.3 Å². The molecule has 4 heteroatoms. The SMILES string of the molecule is C[C@@H]1C[C@H]1C(=O)Nc1ccccc1C(=O)NC1CCCC1. The average Bonchev–Trinajstić information content (AvgIpc) is 2.98. The van der Waals surface area contributed by atoms with Crippen LogP contribution in [0.5, 0.6) is 0 Å². The average molecular weight is 286 g/mol. The summed E-state index contributed by atoms with van der Waals surface area (Å²) in [6.45, 7) is 2.07. The number of hydrogen-bond acceptors (Lipinski definition) is 2. The molecule has 0 saturated heterocycles. The third kappa shape index (κ3) is 3.26. The van der Waals surface area contributed by atoms with E-state index < -0.39 is 0 Å². The molecule has 0 aromatic heterocycles. The van der Waals surface area contributed by atoms with Crippen molar-refractivity contribution in [1.29, 1.82) is 0 Å². The van der Waals surface area contributed by atoms with Crippen LogP contribution in [0.2, 0.25) is 0 Å². The highest BCUT2D eigenvalue weighted by Crippen LogP contribution is 2.38. The van der Waals surface area contributed by atoms with Crippen LogP contribution in [0.4, 0.5) is 5.69 Å². The summed E-state index contributed by atoms with van der Waals surface area (Å²) in [6, 6.07) is 7.53. The van der Waals surface area contributed by atoms with Crippen molar-refractivity contribution >= 4 is 17.5 Å². The molecule has 2 atom stereocenters. The molecule has 4 nitrogen and oxygen atoms in total. The molecular weight excluding hydrogens is 264 g/mol. The maximum Gasteiger partial charge on any atom is 0.253 e. The number of anilines is 1. The second-order valence-electron chi connectivity index (χ2n) is 6.31. The highest BCUT2D eigenvalue weighted by molar-refractivity contribution is 6.04. The van der Waals surface area contributed by atoms with Gasteiger partial charge in [0, 0.05) is 12.0 Å². The molecule has 2 aliphatic rings. The van der Waals surface area contributed by atoms with Gasteiger partial charge in [0.15, 0.2) is 0 Å². The number of carbonyl (C=O) groups is 2. The summed E-state index contributed by atoms with van der Waals surface area (Å²) in [4.78, 5) is 24.5. The van der Waals surface area contributed by atoms with Crippen molar-refractivity contribution in [1.82, 2.24) is 5.32 Å². The predicted octanol–water partition coefficient (Wildman–Crippen LogP) is 2.95. The lowest BCUT2D eigenvalue weighted by Crippen LogP contribution is -2.33. The van der Waals surface area contributed by atoms with E-state index in [2.05, 4.69) is 17.6 Å². The second kappa shape index (κ2) is 5.88. The van der Waals surface area contributed by atoms with Crippen molar-refractivity contribution in [2.24, 2.45) is 11.8 Å². The molecule has 1 aromatic carbocycles. The normalized spacial score (nSPS) is 24.6. The smallest absolute Gasteiger partial charge is 0.253 e. The Morgan fingerprint density at radius 3 is 2.48 bits per heavy atom. The summed E-state index contributed by atoms with van der Waals surface area (Å²) in [5, 5.41) is 5.98. The van der Waals surface area contributed by atoms with Gasteiger partial charge < -0.3 is 10.6 Å². The minimum Gasteiger partial charge on any atom is -0.349 e. The van der Waals surface area contributed by atoms with Crippen LogP contribution in [-0.2, 0) is 4.79 Å². The number of hydrogen-bond donors (Lipinski definition) is 2. The first-order valence-corrected chi connectivity index (χ1v) is 7.86. The molecule has 0 radical (unpaired) electrons. The molecule has 112 valence electrons. The minimum atomic E-state index is -0.0818. The first-order valence-electron chi connectivity index (χ1n) is 7.86. The molecule has 3 rings (SSSR count). The molecular formula is C17H22N2O2. The third-order valence-electron chi connectivity index (χ3n) is 4.57. The number of para-hydroxylation sites is 1. The van der Waals surface area contributed by atoms with Crippen molar-refractivity contribution in [2.75, 3.05) is 5.32 Å². The van der Waals surface area contributed by atoms with E-state index >= 15 is 0 Å². The molecule has 2 amide bonds. The van der Waals surface area contributed by atoms with E-state index in [9.17, 15) is 9.59 Å². The van der Waals surface area contributed by atoms with Gasteiger partial charge in [-0.1, -0.05) is 31.9 Å². The van der Waals surface area contributed by atoms with Crippen LogP contribution in [0.25, 0.3) is 0 Å². The van der Waals surface area contributed by atoms with Gasteiger partial charge in [-0.3, -0.25) is 9.59 Å². The minimum absolute atomic E-state index is 0.0311. The zero-order valence-corrected chi connectivity index (χ0v) is 12.4. The van der Waals surface area contributed by atoms with E-state index in [4.69, 9.17) is 0 Å². The van der Waals surface area contributed by atoms with Crippen LogP contribution in [-0.4, -0.2) is 17.9 Å². The van der Waals surface area contributed by atoms with Crippen molar-refractivity contribution < 1.29 is 9.59 Å². The van der Waals surface area contributed by atoms with Crippen LogP contribution in [0.3, 0.4) is 0 Å². The number of carbonyl (C=O) groups excluding carboxylic acids is 2. The largest absolute Gasteiger partial charge is 0.349 e. The first kappa shape index (κ1) is 14.1. The van der Waals surface area contributed by atoms with Crippen LogP contribution in [0, 0.1) is 11.8 Å². The lowest BCUT2D eigenvalue weighted by molar-refractivity contribution is -0.117. The van der Waals surface area contributed by atoms with Gasteiger partial charge in [-0.25, -0.2) is 0 Å². The highest BCUT2D eigenvalue weighted by Gasteiger charge is 2.39. The molecule has 2 saturated carbocycles.